The van der Waals surface area contributed by atoms with E-state index in [4.69, 9.17) is 22.1 Å². The summed E-state index contributed by atoms with van der Waals surface area (Å²) in [6.45, 7) is 2.71. The highest BCUT2D eigenvalue weighted by molar-refractivity contribution is 6.30. The molecule has 0 atom stereocenters. The van der Waals surface area contributed by atoms with Crippen molar-refractivity contribution >= 4 is 11.6 Å². The molecule has 0 amide bonds. The largest absolute Gasteiger partial charge is 0.489 e. The van der Waals surface area contributed by atoms with Crippen LogP contribution in [0.25, 0.3) is 0 Å². The van der Waals surface area contributed by atoms with Gasteiger partial charge < -0.3 is 10.5 Å². The number of benzene rings is 2. The van der Waals surface area contributed by atoms with Gasteiger partial charge in [0.15, 0.2) is 0 Å². The van der Waals surface area contributed by atoms with Gasteiger partial charge in [-0.25, -0.2) is 4.39 Å². The van der Waals surface area contributed by atoms with Crippen LogP contribution in [-0.2, 0) is 13.0 Å². The van der Waals surface area contributed by atoms with Crippen LogP contribution in [-0.4, -0.2) is 6.54 Å². The molecule has 20 heavy (non-hydrogen) atoms. The average molecular weight is 294 g/mol. The van der Waals surface area contributed by atoms with Crippen molar-refractivity contribution in [2.75, 3.05) is 6.54 Å². The van der Waals surface area contributed by atoms with E-state index in [2.05, 4.69) is 0 Å². The van der Waals surface area contributed by atoms with Crippen molar-refractivity contribution in [3.63, 3.8) is 0 Å². The van der Waals surface area contributed by atoms with Gasteiger partial charge in [-0.05, 0) is 37.6 Å². The van der Waals surface area contributed by atoms with Crippen molar-refractivity contribution in [1.29, 1.82) is 0 Å². The van der Waals surface area contributed by atoms with E-state index >= 15 is 0 Å². The molecule has 2 aromatic carbocycles. The number of ether oxygens (including phenoxy) is 1. The minimum atomic E-state index is -0.429. The zero-order chi connectivity index (χ0) is 14.5. The van der Waals surface area contributed by atoms with Gasteiger partial charge in [0.05, 0.1) is 5.02 Å². The Bertz CT molecular complexity index is 601. The second-order valence-electron chi connectivity index (χ2n) is 4.65. The van der Waals surface area contributed by atoms with Crippen molar-refractivity contribution < 1.29 is 9.13 Å². The highest BCUT2D eigenvalue weighted by Crippen LogP contribution is 2.23. The lowest BCUT2D eigenvalue weighted by atomic mass is 10.1. The van der Waals surface area contributed by atoms with Crippen LogP contribution in [0.2, 0.25) is 5.02 Å². The Kier molecular flexibility index (Phi) is 4.99. The second kappa shape index (κ2) is 6.73. The first-order chi connectivity index (χ1) is 9.61. The normalized spacial score (nSPS) is 10.6. The maximum atomic E-state index is 13.8. The first-order valence-electron chi connectivity index (χ1n) is 6.47. The molecular formula is C16H17ClFNO. The molecule has 0 unspecified atom stereocenters. The molecular weight excluding hydrogens is 277 g/mol. The van der Waals surface area contributed by atoms with Crippen LogP contribution in [0.15, 0.2) is 36.4 Å². The zero-order valence-electron chi connectivity index (χ0n) is 11.3. The first kappa shape index (κ1) is 14.8. The minimum Gasteiger partial charge on any atom is -0.489 e. The third-order valence-electron chi connectivity index (χ3n) is 3.04. The lowest BCUT2D eigenvalue weighted by Gasteiger charge is -2.12. The summed E-state index contributed by atoms with van der Waals surface area (Å²) in [5, 5.41) is 0.109. The predicted octanol–water partition coefficient (Wildman–Crippen LogP) is 3.87. The summed E-state index contributed by atoms with van der Waals surface area (Å²) in [6.07, 6.45) is 0.731. The molecule has 4 heteroatoms. The smallest absolute Gasteiger partial charge is 0.148 e. The highest BCUT2D eigenvalue weighted by Gasteiger charge is 2.09. The van der Waals surface area contributed by atoms with Crippen molar-refractivity contribution in [2.24, 2.45) is 5.73 Å². The topological polar surface area (TPSA) is 35.2 Å². The Labute approximate surface area is 123 Å². The van der Waals surface area contributed by atoms with Gasteiger partial charge in [0.1, 0.15) is 18.2 Å². The zero-order valence-corrected chi connectivity index (χ0v) is 12.1. The molecule has 0 aliphatic rings. The molecule has 0 heterocycles. The van der Waals surface area contributed by atoms with Crippen LogP contribution in [0, 0.1) is 12.7 Å². The molecule has 0 aliphatic carbocycles. The molecule has 2 aromatic rings. The minimum absolute atomic E-state index is 0.109. The standard InChI is InChI=1S/C16H17ClFNO/c1-11-5-6-15(12(9-11)7-8-19)20-10-13-3-2-4-14(17)16(13)18/h2-6,9H,7-8,10,19H2,1H3. The molecule has 0 bridgehead atoms. The summed E-state index contributed by atoms with van der Waals surface area (Å²) in [7, 11) is 0. The number of halogens is 2. The number of hydrogen-bond acceptors (Lipinski definition) is 2. The summed E-state index contributed by atoms with van der Waals surface area (Å²) in [5.74, 6) is 0.307. The van der Waals surface area contributed by atoms with Crippen molar-refractivity contribution in [3.8, 4) is 5.75 Å². The number of rotatable bonds is 5. The third kappa shape index (κ3) is 3.50. The van der Waals surface area contributed by atoms with Crippen molar-refractivity contribution in [1.82, 2.24) is 0 Å². The Morgan fingerprint density at radius 3 is 2.75 bits per heavy atom. The molecule has 0 saturated heterocycles. The van der Waals surface area contributed by atoms with Crippen molar-refractivity contribution in [3.05, 3.63) is 63.9 Å². The maximum absolute atomic E-state index is 13.8. The SMILES string of the molecule is Cc1ccc(OCc2cccc(Cl)c2F)c(CCN)c1. The molecule has 2 N–H and O–H groups in total. The lowest BCUT2D eigenvalue weighted by molar-refractivity contribution is 0.296. The van der Waals surface area contributed by atoms with Crippen LogP contribution in [0.1, 0.15) is 16.7 Å². The van der Waals surface area contributed by atoms with Gasteiger partial charge in [-0.1, -0.05) is 41.4 Å². The fourth-order valence-corrected chi connectivity index (χ4v) is 2.21. The molecule has 0 spiro atoms. The van der Waals surface area contributed by atoms with E-state index in [0.717, 1.165) is 23.3 Å². The van der Waals surface area contributed by atoms with Gasteiger partial charge in [0.25, 0.3) is 0 Å². The Morgan fingerprint density at radius 2 is 2.00 bits per heavy atom. The molecule has 2 nitrogen and oxygen atoms in total. The van der Waals surface area contributed by atoms with Gasteiger partial charge >= 0.3 is 0 Å². The van der Waals surface area contributed by atoms with E-state index in [1.54, 1.807) is 12.1 Å². The average Bonchev–Trinajstić information content (AvgIpc) is 2.42. The Balaban J connectivity index is 2.16. The van der Waals surface area contributed by atoms with Crippen LogP contribution in [0.4, 0.5) is 4.39 Å². The van der Waals surface area contributed by atoms with Crippen LogP contribution < -0.4 is 10.5 Å². The summed E-state index contributed by atoms with van der Waals surface area (Å²) < 4.78 is 19.5. The van der Waals surface area contributed by atoms with E-state index in [9.17, 15) is 4.39 Å². The van der Waals surface area contributed by atoms with E-state index in [1.165, 1.54) is 6.07 Å². The Morgan fingerprint density at radius 1 is 1.20 bits per heavy atom. The molecule has 0 radical (unpaired) electrons. The summed E-state index contributed by atoms with van der Waals surface area (Å²) >= 11 is 5.75. The monoisotopic (exact) mass is 293 g/mol. The van der Waals surface area contributed by atoms with Gasteiger partial charge in [0, 0.05) is 5.56 Å². The number of nitrogens with two attached hydrogens (primary N) is 1. The molecule has 0 aliphatic heterocycles. The molecule has 0 fully saturated rings. The Hall–Kier alpha value is -1.58. The van der Waals surface area contributed by atoms with E-state index in [0.29, 0.717) is 12.1 Å². The molecule has 106 valence electrons. The summed E-state index contributed by atoms with van der Waals surface area (Å²) in [5.41, 5.74) is 8.22. The van der Waals surface area contributed by atoms with Gasteiger partial charge in [0.2, 0.25) is 0 Å². The first-order valence-corrected chi connectivity index (χ1v) is 6.85. The molecule has 2 rings (SSSR count). The number of aryl methyl sites for hydroxylation is 1. The quantitative estimate of drug-likeness (QED) is 0.908. The van der Waals surface area contributed by atoms with Gasteiger partial charge in [-0.3, -0.25) is 0 Å². The summed E-state index contributed by atoms with van der Waals surface area (Å²) in [6, 6.07) is 10.8. The van der Waals surface area contributed by atoms with E-state index in [-0.39, 0.29) is 11.6 Å². The maximum Gasteiger partial charge on any atom is 0.148 e. The fraction of sp³-hybridized carbons (Fsp3) is 0.250. The fourth-order valence-electron chi connectivity index (χ4n) is 2.02. The summed E-state index contributed by atoms with van der Waals surface area (Å²) in [4.78, 5) is 0. The van der Waals surface area contributed by atoms with Gasteiger partial charge in [-0.2, -0.15) is 0 Å². The third-order valence-corrected chi connectivity index (χ3v) is 3.34. The lowest BCUT2D eigenvalue weighted by Crippen LogP contribution is -2.06. The van der Waals surface area contributed by atoms with Gasteiger partial charge in [-0.15, -0.1) is 0 Å². The van der Waals surface area contributed by atoms with E-state index in [1.807, 2.05) is 25.1 Å². The molecule has 0 saturated carbocycles. The van der Waals surface area contributed by atoms with Crippen LogP contribution in [0.5, 0.6) is 5.75 Å². The second-order valence-corrected chi connectivity index (χ2v) is 5.06. The predicted molar refractivity (Wildman–Crippen MR) is 79.7 cm³/mol. The highest BCUT2D eigenvalue weighted by atomic mass is 35.5. The number of hydrogen-bond donors (Lipinski definition) is 1. The molecule has 0 aromatic heterocycles. The van der Waals surface area contributed by atoms with Crippen LogP contribution >= 0.6 is 11.6 Å². The van der Waals surface area contributed by atoms with Crippen molar-refractivity contribution in [2.45, 2.75) is 20.0 Å². The van der Waals surface area contributed by atoms with Crippen LogP contribution in [0.3, 0.4) is 0 Å². The van der Waals surface area contributed by atoms with E-state index < -0.39 is 5.82 Å².